The highest BCUT2D eigenvalue weighted by Crippen LogP contribution is 2.53. The first-order chi connectivity index (χ1) is 7.83. The molecule has 1 aliphatic rings. The molecule has 1 aromatic carbocycles. The van der Waals surface area contributed by atoms with E-state index in [1.807, 2.05) is 12.1 Å². The van der Waals surface area contributed by atoms with E-state index in [1.54, 1.807) is 0 Å². The molecule has 1 aliphatic carbocycles. The molecule has 0 aromatic heterocycles. The van der Waals surface area contributed by atoms with E-state index in [4.69, 9.17) is 11.6 Å². The van der Waals surface area contributed by atoms with E-state index in [0.717, 1.165) is 17.5 Å². The highest BCUT2D eigenvalue weighted by Gasteiger charge is 2.52. The lowest BCUT2D eigenvalue weighted by atomic mass is 9.92. The van der Waals surface area contributed by atoms with Crippen molar-refractivity contribution >= 4 is 11.6 Å². The second-order valence-electron chi connectivity index (χ2n) is 6.37. The zero-order chi connectivity index (χ0) is 12.7. The topological polar surface area (TPSA) is 12.0 Å². The Labute approximate surface area is 110 Å². The third kappa shape index (κ3) is 2.83. The third-order valence-corrected chi connectivity index (χ3v) is 4.06. The Hall–Kier alpha value is -0.530. The van der Waals surface area contributed by atoms with Gasteiger partial charge >= 0.3 is 0 Å². The molecule has 0 radical (unpaired) electrons. The van der Waals surface area contributed by atoms with Crippen molar-refractivity contribution in [1.29, 1.82) is 0 Å². The molecule has 17 heavy (non-hydrogen) atoms. The van der Waals surface area contributed by atoms with Crippen molar-refractivity contribution in [3.05, 3.63) is 34.9 Å². The van der Waals surface area contributed by atoms with Gasteiger partial charge < -0.3 is 5.32 Å². The maximum absolute atomic E-state index is 5.95. The lowest BCUT2D eigenvalue weighted by Crippen LogP contribution is -2.41. The van der Waals surface area contributed by atoms with E-state index < -0.39 is 0 Å². The SMILES string of the molecule is CC1CC1(CNC(C)(C)C)c1ccc(Cl)cc1. The molecular weight excluding hydrogens is 230 g/mol. The summed E-state index contributed by atoms with van der Waals surface area (Å²) in [5.41, 5.74) is 1.94. The van der Waals surface area contributed by atoms with Crippen molar-refractivity contribution in [2.75, 3.05) is 6.54 Å². The number of hydrogen-bond acceptors (Lipinski definition) is 1. The fourth-order valence-electron chi connectivity index (χ4n) is 2.44. The predicted octanol–water partition coefficient (Wildman–Crippen LogP) is 4.01. The Balaban J connectivity index is 2.13. The first kappa shape index (κ1) is 12.9. The fraction of sp³-hybridized carbons (Fsp3) is 0.600. The molecule has 1 N–H and O–H groups in total. The minimum Gasteiger partial charge on any atom is -0.311 e. The molecule has 1 fully saturated rings. The highest BCUT2D eigenvalue weighted by molar-refractivity contribution is 6.30. The van der Waals surface area contributed by atoms with Crippen molar-refractivity contribution in [2.24, 2.45) is 5.92 Å². The van der Waals surface area contributed by atoms with Crippen LogP contribution in [0, 0.1) is 5.92 Å². The maximum Gasteiger partial charge on any atom is 0.0406 e. The van der Waals surface area contributed by atoms with Crippen LogP contribution in [0.4, 0.5) is 0 Å². The van der Waals surface area contributed by atoms with Crippen LogP contribution in [-0.2, 0) is 5.41 Å². The summed E-state index contributed by atoms with van der Waals surface area (Å²) in [4.78, 5) is 0. The van der Waals surface area contributed by atoms with Crippen LogP contribution in [0.3, 0.4) is 0 Å². The molecule has 2 heteroatoms. The van der Waals surface area contributed by atoms with E-state index in [9.17, 15) is 0 Å². The van der Waals surface area contributed by atoms with Crippen LogP contribution in [-0.4, -0.2) is 12.1 Å². The molecule has 0 amide bonds. The van der Waals surface area contributed by atoms with E-state index in [2.05, 4.69) is 45.1 Å². The van der Waals surface area contributed by atoms with Gasteiger partial charge in [-0.3, -0.25) is 0 Å². The Morgan fingerprint density at radius 2 is 1.82 bits per heavy atom. The molecule has 0 heterocycles. The van der Waals surface area contributed by atoms with Gasteiger partial charge in [-0.1, -0.05) is 30.7 Å². The highest BCUT2D eigenvalue weighted by atomic mass is 35.5. The molecule has 0 bridgehead atoms. The van der Waals surface area contributed by atoms with Gasteiger partial charge in [0.1, 0.15) is 0 Å². The van der Waals surface area contributed by atoms with Crippen LogP contribution < -0.4 is 5.32 Å². The predicted molar refractivity (Wildman–Crippen MR) is 74.7 cm³/mol. The molecule has 94 valence electrons. The van der Waals surface area contributed by atoms with Gasteiger partial charge in [0.2, 0.25) is 0 Å². The van der Waals surface area contributed by atoms with E-state index >= 15 is 0 Å². The lowest BCUT2D eigenvalue weighted by Gasteiger charge is -2.26. The quantitative estimate of drug-likeness (QED) is 0.856. The van der Waals surface area contributed by atoms with Gasteiger partial charge in [-0.25, -0.2) is 0 Å². The van der Waals surface area contributed by atoms with Crippen molar-refractivity contribution in [3.63, 3.8) is 0 Å². The number of nitrogens with one attached hydrogen (secondary N) is 1. The lowest BCUT2D eigenvalue weighted by molar-refractivity contribution is 0.392. The standard InChI is InChI=1S/C15H22ClN/c1-11-9-15(11,10-17-14(2,3)4)12-5-7-13(16)8-6-12/h5-8,11,17H,9-10H2,1-4H3. The molecule has 2 rings (SSSR count). The summed E-state index contributed by atoms with van der Waals surface area (Å²) in [6.07, 6.45) is 1.28. The van der Waals surface area contributed by atoms with Crippen LogP contribution in [0.2, 0.25) is 5.02 Å². The average Bonchev–Trinajstić information content (AvgIpc) is 2.88. The molecular formula is C15H22ClN. The van der Waals surface area contributed by atoms with Gasteiger partial charge in [0.05, 0.1) is 0 Å². The van der Waals surface area contributed by atoms with Crippen molar-refractivity contribution < 1.29 is 0 Å². The first-order valence-electron chi connectivity index (χ1n) is 6.35. The summed E-state index contributed by atoms with van der Waals surface area (Å²) >= 11 is 5.95. The molecule has 2 atom stereocenters. The third-order valence-electron chi connectivity index (χ3n) is 3.81. The second-order valence-corrected chi connectivity index (χ2v) is 6.81. The van der Waals surface area contributed by atoms with Crippen LogP contribution in [0.15, 0.2) is 24.3 Å². The Morgan fingerprint density at radius 3 is 2.24 bits per heavy atom. The zero-order valence-electron chi connectivity index (χ0n) is 11.2. The van der Waals surface area contributed by atoms with Gasteiger partial charge in [0.15, 0.2) is 0 Å². The van der Waals surface area contributed by atoms with Crippen molar-refractivity contribution in [1.82, 2.24) is 5.32 Å². The van der Waals surface area contributed by atoms with Gasteiger partial charge in [-0.15, -0.1) is 0 Å². The average molecular weight is 252 g/mol. The molecule has 1 saturated carbocycles. The Bertz CT molecular complexity index is 390. The van der Waals surface area contributed by atoms with Crippen molar-refractivity contribution in [3.8, 4) is 0 Å². The summed E-state index contributed by atoms with van der Waals surface area (Å²) in [7, 11) is 0. The largest absolute Gasteiger partial charge is 0.311 e. The van der Waals surface area contributed by atoms with Crippen LogP contribution in [0.5, 0.6) is 0 Å². The Morgan fingerprint density at radius 1 is 1.29 bits per heavy atom. The van der Waals surface area contributed by atoms with Gasteiger partial charge in [-0.2, -0.15) is 0 Å². The summed E-state index contributed by atoms with van der Waals surface area (Å²) < 4.78 is 0. The molecule has 0 saturated heterocycles. The van der Waals surface area contributed by atoms with Gasteiger partial charge in [-0.05, 0) is 50.8 Å². The molecule has 1 aromatic rings. The fourth-order valence-corrected chi connectivity index (χ4v) is 2.57. The molecule has 0 spiro atoms. The van der Waals surface area contributed by atoms with Crippen LogP contribution in [0.1, 0.15) is 39.7 Å². The van der Waals surface area contributed by atoms with E-state index in [1.165, 1.54) is 12.0 Å². The minimum atomic E-state index is 0.182. The molecule has 0 aliphatic heterocycles. The normalized spacial score (nSPS) is 28.2. The second kappa shape index (κ2) is 4.29. The van der Waals surface area contributed by atoms with Crippen LogP contribution >= 0.6 is 11.6 Å². The number of halogens is 1. The molecule has 1 nitrogen and oxygen atoms in total. The number of rotatable bonds is 3. The van der Waals surface area contributed by atoms with Gasteiger partial charge in [0.25, 0.3) is 0 Å². The summed E-state index contributed by atoms with van der Waals surface area (Å²) in [6, 6.07) is 8.36. The summed E-state index contributed by atoms with van der Waals surface area (Å²) in [5.74, 6) is 0.763. The maximum atomic E-state index is 5.95. The number of hydrogen-bond donors (Lipinski definition) is 1. The zero-order valence-corrected chi connectivity index (χ0v) is 11.9. The summed E-state index contributed by atoms with van der Waals surface area (Å²) in [5, 5.41) is 4.46. The van der Waals surface area contributed by atoms with E-state index in [-0.39, 0.29) is 5.54 Å². The molecule has 2 unspecified atom stereocenters. The first-order valence-corrected chi connectivity index (χ1v) is 6.72. The minimum absolute atomic E-state index is 0.182. The van der Waals surface area contributed by atoms with Crippen LogP contribution in [0.25, 0.3) is 0 Å². The summed E-state index contributed by atoms with van der Waals surface area (Å²) in [6.45, 7) is 10.0. The smallest absolute Gasteiger partial charge is 0.0406 e. The monoisotopic (exact) mass is 251 g/mol. The van der Waals surface area contributed by atoms with E-state index in [0.29, 0.717) is 5.41 Å². The Kier molecular flexibility index (Phi) is 3.26. The van der Waals surface area contributed by atoms with Gasteiger partial charge in [0, 0.05) is 22.5 Å². The number of benzene rings is 1. The van der Waals surface area contributed by atoms with Crippen molar-refractivity contribution in [2.45, 2.75) is 45.1 Å².